The summed E-state index contributed by atoms with van der Waals surface area (Å²) in [5.41, 5.74) is 1.05. The van der Waals surface area contributed by atoms with Crippen molar-refractivity contribution in [3.05, 3.63) is 35.9 Å². The molecule has 1 aliphatic heterocycles. The van der Waals surface area contributed by atoms with Gasteiger partial charge in [-0.25, -0.2) is 0 Å². The third-order valence-corrected chi connectivity index (χ3v) is 4.11. The van der Waals surface area contributed by atoms with Crippen LogP contribution in [0.3, 0.4) is 0 Å². The van der Waals surface area contributed by atoms with Crippen molar-refractivity contribution in [3.8, 4) is 0 Å². The molecule has 110 valence electrons. The molecule has 0 aromatic heterocycles. The Bertz CT molecular complexity index is 446. The van der Waals surface area contributed by atoms with Gasteiger partial charge in [0.25, 0.3) is 0 Å². The minimum Gasteiger partial charge on any atom is -0.324 e. The Labute approximate surface area is 121 Å². The summed E-state index contributed by atoms with van der Waals surface area (Å²) in [6.45, 7) is 8.05. The standard InChI is InChI=1S/C16H25N3O/c1-12(2)18(4)10-11-19-13(3)17-15(16(19)20)14-8-6-5-7-9-14/h5-9,12-13,15,17H,10-11H2,1-4H3. The first-order chi connectivity index (χ1) is 9.50. The van der Waals surface area contributed by atoms with Gasteiger partial charge in [0.15, 0.2) is 0 Å². The molecule has 2 rings (SSSR count). The number of hydrogen-bond acceptors (Lipinski definition) is 3. The van der Waals surface area contributed by atoms with Gasteiger partial charge >= 0.3 is 0 Å². The highest BCUT2D eigenvalue weighted by Gasteiger charge is 2.36. The van der Waals surface area contributed by atoms with Crippen LogP contribution in [0.2, 0.25) is 0 Å². The molecule has 1 aromatic rings. The van der Waals surface area contributed by atoms with Crippen LogP contribution in [0, 0.1) is 0 Å². The predicted octanol–water partition coefficient (Wildman–Crippen LogP) is 1.85. The van der Waals surface area contributed by atoms with E-state index in [9.17, 15) is 4.79 Å². The lowest BCUT2D eigenvalue weighted by Crippen LogP contribution is -2.41. The molecule has 2 atom stereocenters. The van der Waals surface area contributed by atoms with Gasteiger partial charge in [0.05, 0.1) is 6.17 Å². The second kappa shape index (κ2) is 6.37. The van der Waals surface area contributed by atoms with E-state index < -0.39 is 0 Å². The SMILES string of the molecule is CC(C)N(C)CCN1C(=O)C(c2ccccc2)NC1C. The predicted molar refractivity (Wildman–Crippen MR) is 81.3 cm³/mol. The minimum atomic E-state index is -0.199. The van der Waals surface area contributed by atoms with Crippen LogP contribution < -0.4 is 5.32 Å². The maximum atomic E-state index is 12.5. The van der Waals surface area contributed by atoms with E-state index in [1.165, 1.54) is 0 Å². The second-order valence-electron chi connectivity index (χ2n) is 5.79. The van der Waals surface area contributed by atoms with Gasteiger partial charge < -0.3 is 9.80 Å². The van der Waals surface area contributed by atoms with Crippen molar-refractivity contribution >= 4 is 5.91 Å². The monoisotopic (exact) mass is 275 g/mol. The molecule has 20 heavy (non-hydrogen) atoms. The largest absolute Gasteiger partial charge is 0.324 e. The van der Waals surface area contributed by atoms with Crippen LogP contribution in [-0.4, -0.2) is 48.1 Å². The number of benzene rings is 1. The van der Waals surface area contributed by atoms with Crippen LogP contribution in [0.5, 0.6) is 0 Å². The maximum absolute atomic E-state index is 12.5. The van der Waals surface area contributed by atoms with Crippen LogP contribution in [-0.2, 0) is 4.79 Å². The number of nitrogens with one attached hydrogen (secondary N) is 1. The summed E-state index contributed by atoms with van der Waals surface area (Å²) >= 11 is 0. The van der Waals surface area contributed by atoms with E-state index in [1.54, 1.807) is 0 Å². The molecular formula is C16H25N3O. The fourth-order valence-corrected chi connectivity index (χ4v) is 2.47. The van der Waals surface area contributed by atoms with Crippen molar-refractivity contribution in [1.29, 1.82) is 0 Å². The van der Waals surface area contributed by atoms with Crippen LogP contribution >= 0.6 is 0 Å². The van der Waals surface area contributed by atoms with Crippen molar-refractivity contribution in [2.24, 2.45) is 0 Å². The molecule has 1 saturated heterocycles. The molecule has 0 spiro atoms. The van der Waals surface area contributed by atoms with Crippen molar-refractivity contribution in [3.63, 3.8) is 0 Å². The van der Waals surface area contributed by atoms with Crippen LogP contribution in [0.1, 0.15) is 32.4 Å². The van der Waals surface area contributed by atoms with E-state index in [0.29, 0.717) is 6.04 Å². The first-order valence-electron chi connectivity index (χ1n) is 7.32. The quantitative estimate of drug-likeness (QED) is 0.891. The molecule has 4 nitrogen and oxygen atoms in total. The molecular weight excluding hydrogens is 250 g/mol. The van der Waals surface area contributed by atoms with E-state index in [2.05, 4.69) is 38.0 Å². The lowest BCUT2D eigenvalue weighted by atomic mass is 10.1. The third kappa shape index (κ3) is 3.19. The zero-order chi connectivity index (χ0) is 14.7. The van der Waals surface area contributed by atoms with Gasteiger partial charge in [-0.05, 0) is 33.4 Å². The minimum absolute atomic E-state index is 0.0910. The summed E-state index contributed by atoms with van der Waals surface area (Å²) in [5, 5.41) is 3.38. The zero-order valence-electron chi connectivity index (χ0n) is 12.8. The van der Waals surface area contributed by atoms with Crippen LogP contribution in [0.4, 0.5) is 0 Å². The van der Waals surface area contributed by atoms with E-state index in [-0.39, 0.29) is 18.1 Å². The van der Waals surface area contributed by atoms with E-state index in [0.717, 1.165) is 18.7 Å². The van der Waals surface area contributed by atoms with Crippen molar-refractivity contribution in [2.45, 2.75) is 39.0 Å². The van der Waals surface area contributed by atoms with Gasteiger partial charge in [0.1, 0.15) is 6.04 Å². The van der Waals surface area contributed by atoms with Gasteiger partial charge in [-0.3, -0.25) is 10.1 Å². The Kier molecular flexibility index (Phi) is 4.78. The van der Waals surface area contributed by atoms with Crippen LogP contribution in [0.25, 0.3) is 0 Å². The molecule has 1 N–H and O–H groups in total. The lowest BCUT2D eigenvalue weighted by molar-refractivity contribution is -0.130. The second-order valence-corrected chi connectivity index (χ2v) is 5.79. The lowest BCUT2D eigenvalue weighted by Gasteiger charge is -2.26. The Morgan fingerprint density at radius 3 is 2.55 bits per heavy atom. The Morgan fingerprint density at radius 2 is 1.95 bits per heavy atom. The molecule has 0 aliphatic carbocycles. The first kappa shape index (κ1) is 15.0. The summed E-state index contributed by atoms with van der Waals surface area (Å²) in [6.07, 6.45) is 0.0910. The molecule has 0 saturated carbocycles. The summed E-state index contributed by atoms with van der Waals surface area (Å²) in [5.74, 6) is 0.181. The summed E-state index contributed by atoms with van der Waals surface area (Å²) in [7, 11) is 2.10. The highest BCUT2D eigenvalue weighted by atomic mass is 16.2. The Morgan fingerprint density at radius 1 is 1.30 bits per heavy atom. The molecule has 1 heterocycles. The number of likely N-dealkylation sites (N-methyl/N-ethyl adjacent to an activating group) is 1. The van der Waals surface area contributed by atoms with E-state index >= 15 is 0 Å². The summed E-state index contributed by atoms with van der Waals surface area (Å²) in [4.78, 5) is 16.7. The number of rotatable bonds is 5. The number of carbonyl (C=O) groups excluding carboxylic acids is 1. The third-order valence-electron chi connectivity index (χ3n) is 4.11. The summed E-state index contributed by atoms with van der Waals surface area (Å²) in [6, 6.07) is 10.2. The normalized spacial score (nSPS) is 23.1. The van der Waals surface area contributed by atoms with Crippen molar-refractivity contribution in [2.75, 3.05) is 20.1 Å². The molecule has 1 amide bonds. The molecule has 4 heteroatoms. The van der Waals surface area contributed by atoms with Crippen LogP contribution in [0.15, 0.2) is 30.3 Å². The molecule has 1 aromatic carbocycles. The van der Waals surface area contributed by atoms with Crippen molar-refractivity contribution in [1.82, 2.24) is 15.1 Å². The fraction of sp³-hybridized carbons (Fsp3) is 0.562. The van der Waals surface area contributed by atoms with Crippen molar-refractivity contribution < 1.29 is 4.79 Å². The van der Waals surface area contributed by atoms with Gasteiger partial charge in [0.2, 0.25) is 5.91 Å². The first-order valence-corrected chi connectivity index (χ1v) is 7.32. The van der Waals surface area contributed by atoms with Gasteiger partial charge in [-0.15, -0.1) is 0 Å². The number of carbonyl (C=O) groups is 1. The average Bonchev–Trinajstić information content (AvgIpc) is 2.72. The maximum Gasteiger partial charge on any atom is 0.245 e. The molecule has 0 bridgehead atoms. The molecule has 2 unspecified atom stereocenters. The molecule has 0 radical (unpaired) electrons. The Balaban J connectivity index is 2.00. The smallest absolute Gasteiger partial charge is 0.245 e. The van der Waals surface area contributed by atoms with E-state index in [4.69, 9.17) is 0 Å². The number of nitrogens with zero attached hydrogens (tertiary/aromatic N) is 2. The fourth-order valence-electron chi connectivity index (χ4n) is 2.47. The number of hydrogen-bond donors (Lipinski definition) is 1. The summed E-state index contributed by atoms with van der Waals surface area (Å²) < 4.78 is 0. The topological polar surface area (TPSA) is 35.6 Å². The molecule has 1 fully saturated rings. The molecule has 1 aliphatic rings. The van der Waals surface area contributed by atoms with Gasteiger partial charge in [0, 0.05) is 19.1 Å². The Hall–Kier alpha value is -1.39. The zero-order valence-corrected chi connectivity index (χ0v) is 12.8. The number of amides is 1. The average molecular weight is 275 g/mol. The van der Waals surface area contributed by atoms with Gasteiger partial charge in [-0.2, -0.15) is 0 Å². The highest BCUT2D eigenvalue weighted by Crippen LogP contribution is 2.23. The highest BCUT2D eigenvalue weighted by molar-refractivity contribution is 5.85. The van der Waals surface area contributed by atoms with Gasteiger partial charge in [-0.1, -0.05) is 30.3 Å². The van der Waals surface area contributed by atoms with E-state index in [1.807, 2.05) is 35.2 Å².